The highest BCUT2D eigenvalue weighted by molar-refractivity contribution is 5.92. The molecule has 0 radical (unpaired) electrons. The fourth-order valence-corrected chi connectivity index (χ4v) is 4.26. The first-order chi connectivity index (χ1) is 25.5. The highest BCUT2D eigenvalue weighted by Gasteiger charge is 2.07. The summed E-state index contributed by atoms with van der Waals surface area (Å²) in [6, 6.07) is 20.8. The van der Waals surface area contributed by atoms with Crippen molar-refractivity contribution >= 4 is 17.4 Å². The molecule has 0 aromatic carbocycles. The van der Waals surface area contributed by atoms with Gasteiger partial charge in [-0.2, -0.15) is 4.73 Å². The van der Waals surface area contributed by atoms with E-state index < -0.39 is 5.91 Å². The van der Waals surface area contributed by atoms with Gasteiger partial charge in [0, 0.05) is 64.8 Å². The Bertz CT molecular complexity index is 1870. The van der Waals surface area contributed by atoms with Crippen LogP contribution in [0.5, 0.6) is 0 Å². The van der Waals surface area contributed by atoms with E-state index in [9.17, 15) is 10.0 Å². The predicted molar refractivity (Wildman–Crippen MR) is 266 cm³/mol. The van der Waals surface area contributed by atoms with Crippen LogP contribution in [0.3, 0.4) is 0 Å². The maximum atomic E-state index is 11.0. The van der Waals surface area contributed by atoms with E-state index in [0.29, 0.717) is 46.7 Å². The van der Waals surface area contributed by atoms with Crippen molar-refractivity contribution in [2.45, 2.75) is 158 Å². The number of primary amides is 1. The smallest absolute Gasteiger partial charge is 0.250 e. The summed E-state index contributed by atoms with van der Waals surface area (Å²) in [6.07, 6.45) is 8.27. The largest absolute Gasteiger partial charge is 0.618 e. The molecule has 61 heavy (non-hydrogen) atoms. The zero-order chi connectivity index (χ0) is 40.8. The first kappa shape index (κ1) is 69.7. The Hall–Kier alpha value is -5.87. The Balaban J connectivity index is -0.000000116. The molecule has 0 saturated carbocycles. The summed E-state index contributed by atoms with van der Waals surface area (Å²) in [6.45, 7) is 22.8. The fraction of sp³-hybridized carbons (Fsp3) is 0.469. The minimum absolute atomic E-state index is 0. The molecule has 0 aliphatic carbocycles. The van der Waals surface area contributed by atoms with Gasteiger partial charge in [0.1, 0.15) is 5.82 Å². The number of aromatic nitrogens is 5. The number of azide groups is 1. The second kappa shape index (κ2) is 37.2. The summed E-state index contributed by atoms with van der Waals surface area (Å²) >= 11 is 0. The molecular weight excluding hydrogens is 761 g/mol. The van der Waals surface area contributed by atoms with Crippen molar-refractivity contribution in [1.29, 1.82) is 0 Å². The average molecular weight is 847 g/mol. The molecule has 344 valence electrons. The van der Waals surface area contributed by atoms with Gasteiger partial charge in [0.25, 0.3) is 0 Å². The Labute approximate surface area is 373 Å². The lowest BCUT2D eigenvalue weighted by Gasteiger charge is -2.04. The third-order valence-electron chi connectivity index (χ3n) is 7.66. The molecule has 5 aromatic rings. The molecule has 12 nitrogen and oxygen atoms in total. The minimum atomic E-state index is -0.426. The topological polar surface area (TPSA) is 196 Å². The van der Waals surface area contributed by atoms with Crippen LogP contribution in [0.2, 0.25) is 0 Å². The van der Waals surface area contributed by atoms with Crippen LogP contribution in [0.1, 0.15) is 195 Å². The van der Waals surface area contributed by atoms with E-state index in [0.717, 1.165) is 33.1 Å². The Morgan fingerprint density at radius 1 is 0.672 bits per heavy atom. The summed E-state index contributed by atoms with van der Waals surface area (Å²) in [5.41, 5.74) is 26.1. The van der Waals surface area contributed by atoms with Crippen LogP contribution in [0, 0.1) is 12.1 Å². The van der Waals surface area contributed by atoms with E-state index in [1.165, 1.54) is 18.0 Å². The number of hydrogen-bond donors (Lipinski definition) is 2. The van der Waals surface area contributed by atoms with Crippen molar-refractivity contribution in [3.8, 4) is 0 Å². The number of pyridine rings is 5. The number of nitrogens with zero attached hydrogens (tertiary/aromatic N) is 8. The molecule has 1 amide bonds. The van der Waals surface area contributed by atoms with E-state index in [1.807, 2.05) is 71.1 Å². The number of anilines is 1. The van der Waals surface area contributed by atoms with Gasteiger partial charge in [-0.15, -0.1) is 0 Å². The maximum Gasteiger partial charge on any atom is 0.250 e. The van der Waals surface area contributed by atoms with Gasteiger partial charge in [0.2, 0.25) is 5.91 Å². The van der Waals surface area contributed by atoms with Gasteiger partial charge in [0.05, 0.1) is 11.3 Å². The fourth-order valence-electron chi connectivity index (χ4n) is 4.26. The predicted octanol–water partition coefficient (Wildman–Crippen LogP) is 14.6. The standard InChI is InChI=1S/C9H12N2O.C9H13N.C8H10N4.C8H12N2.C8H11NO.7CH4/c1-6(2)7-3-8(9(10)12)5-11-4-7;1-7(2)9-5-4-8(3)10-6-9;1-6(2)8-4-3-7(5-10-8)11-12-9;1-6(2)7-4-3-5-8(9)10-7;1-7(2)8-5-3-4-6-9(8)10;;;;;;;/h3-6H,1-2H3,(H2,10,12);4-7H,1-3H3;3-6H,1-2H3;3-6H,1-2H3,(H2,9,10);3-7H,1-2H3;7*1H4. The maximum absolute atomic E-state index is 11.0. The lowest BCUT2D eigenvalue weighted by atomic mass is 10.0. The lowest BCUT2D eigenvalue weighted by molar-refractivity contribution is -0.615. The van der Waals surface area contributed by atoms with Gasteiger partial charge < -0.3 is 16.7 Å². The molecule has 0 unspecified atom stereocenters. The average Bonchev–Trinajstić information content (AvgIpc) is 3.13. The molecular formula is C49H86N10O2. The highest BCUT2D eigenvalue weighted by atomic mass is 16.5. The second-order valence-corrected chi connectivity index (χ2v) is 13.9. The molecule has 0 fully saturated rings. The van der Waals surface area contributed by atoms with Gasteiger partial charge in [-0.25, -0.2) is 4.98 Å². The van der Waals surface area contributed by atoms with Crippen LogP contribution in [0.25, 0.3) is 10.4 Å². The van der Waals surface area contributed by atoms with E-state index in [2.05, 4.69) is 83.6 Å². The monoisotopic (exact) mass is 847 g/mol. The van der Waals surface area contributed by atoms with E-state index in [1.54, 1.807) is 36.7 Å². The van der Waals surface area contributed by atoms with Crippen molar-refractivity contribution in [3.05, 3.63) is 153 Å². The number of nitrogens with two attached hydrogens (primary N) is 2. The van der Waals surface area contributed by atoms with Crippen molar-refractivity contribution in [1.82, 2.24) is 19.9 Å². The molecule has 12 heteroatoms. The van der Waals surface area contributed by atoms with E-state index in [-0.39, 0.29) is 52.0 Å². The zero-order valence-corrected chi connectivity index (χ0v) is 33.7. The summed E-state index contributed by atoms with van der Waals surface area (Å²) in [4.78, 5) is 29.8. The number of hydrogen-bond acceptors (Lipinski definition) is 8. The summed E-state index contributed by atoms with van der Waals surface area (Å²) in [5.74, 6) is 2.31. The van der Waals surface area contributed by atoms with Gasteiger partial charge in [-0.1, -0.05) is 145 Å². The van der Waals surface area contributed by atoms with Gasteiger partial charge in [0.15, 0.2) is 11.9 Å². The minimum Gasteiger partial charge on any atom is -0.618 e. The number of carbonyl (C=O) groups is 1. The van der Waals surface area contributed by atoms with E-state index in [4.69, 9.17) is 17.0 Å². The molecule has 0 bridgehead atoms. The summed E-state index contributed by atoms with van der Waals surface area (Å²) in [5, 5.41) is 14.4. The molecule has 5 rings (SSSR count). The van der Waals surface area contributed by atoms with Crippen LogP contribution >= 0.6 is 0 Å². The molecule has 5 aromatic heterocycles. The second-order valence-electron chi connectivity index (χ2n) is 13.9. The first-order valence-electron chi connectivity index (χ1n) is 18.0. The van der Waals surface area contributed by atoms with Crippen molar-refractivity contribution < 1.29 is 9.52 Å². The van der Waals surface area contributed by atoms with Crippen LogP contribution in [0.4, 0.5) is 11.5 Å². The lowest BCUT2D eigenvalue weighted by Crippen LogP contribution is -2.31. The third-order valence-corrected chi connectivity index (χ3v) is 7.66. The molecule has 0 aliphatic heterocycles. The van der Waals surface area contributed by atoms with Crippen molar-refractivity contribution in [2.75, 3.05) is 5.73 Å². The number of carbonyl (C=O) groups excluding carboxylic acids is 1. The van der Waals surface area contributed by atoms with Gasteiger partial charge in [-0.3, -0.25) is 19.7 Å². The van der Waals surface area contributed by atoms with Crippen LogP contribution in [-0.4, -0.2) is 25.8 Å². The van der Waals surface area contributed by atoms with Crippen LogP contribution in [0.15, 0.2) is 103 Å². The molecule has 0 spiro atoms. The van der Waals surface area contributed by atoms with Crippen molar-refractivity contribution in [3.63, 3.8) is 0 Å². The summed E-state index contributed by atoms with van der Waals surface area (Å²) < 4.78 is 0.907. The van der Waals surface area contributed by atoms with Gasteiger partial charge >= 0.3 is 0 Å². The summed E-state index contributed by atoms with van der Waals surface area (Å²) in [7, 11) is 0. The van der Waals surface area contributed by atoms with E-state index >= 15 is 0 Å². The van der Waals surface area contributed by atoms with Crippen LogP contribution < -0.4 is 16.2 Å². The first-order valence-corrected chi connectivity index (χ1v) is 18.0. The Morgan fingerprint density at radius 2 is 1.26 bits per heavy atom. The normalized spacial score (nSPS) is 8.98. The SMILES string of the molecule is C.C.C.C.C.C.C.CC(C)c1ccc(N=[N+]=[N-])cn1.CC(C)c1cccc(N)n1.CC(C)c1cccc[n+]1[O-].CC(C)c1cncc(C(N)=O)c1.Cc1ccc(C(C)C)cn1. The quantitative estimate of drug-likeness (QED) is 0.0534. The number of rotatable bonds is 7. The Kier molecular flexibility index (Phi) is 42.5. The number of aryl methyl sites for hydroxylation is 1. The number of amides is 1. The highest BCUT2D eigenvalue weighted by Crippen LogP contribution is 2.16. The molecule has 4 N–H and O–H groups in total. The molecule has 0 aliphatic rings. The van der Waals surface area contributed by atoms with Crippen LogP contribution in [-0.2, 0) is 0 Å². The molecule has 0 saturated heterocycles. The third kappa shape index (κ3) is 28.3. The zero-order valence-electron chi connectivity index (χ0n) is 33.7. The van der Waals surface area contributed by atoms with Crippen molar-refractivity contribution in [2.24, 2.45) is 10.8 Å². The Morgan fingerprint density at radius 3 is 1.64 bits per heavy atom. The molecule has 5 heterocycles. The number of nitrogen functional groups attached to an aromatic ring is 1. The molecule has 0 atom stereocenters. The van der Waals surface area contributed by atoms with Gasteiger partial charge in [-0.05, 0) is 83.7 Å².